The predicted molar refractivity (Wildman–Crippen MR) is 126 cm³/mol. The summed E-state index contributed by atoms with van der Waals surface area (Å²) in [5, 5.41) is 3.10. The zero-order valence-electron chi connectivity index (χ0n) is 19.0. The lowest BCUT2D eigenvalue weighted by Gasteiger charge is -2.33. The Morgan fingerprint density at radius 2 is 1.70 bits per heavy atom. The summed E-state index contributed by atoms with van der Waals surface area (Å²) in [6, 6.07) is 11.1. The van der Waals surface area contributed by atoms with Crippen molar-refractivity contribution in [2.45, 2.75) is 37.6 Å². The standard InChI is InChI=1S/C24H31N3O5S/c1-17(2)16-27-11-9-19(10-12-27)25-24(28)18-3-5-20(6-4-18)26-33(29,30)21-7-8-22-23(15-21)32-14-13-31-22/h3-8,15,17,19,26H,9-14,16H2,1-2H3,(H,25,28). The van der Waals surface area contributed by atoms with Gasteiger partial charge in [-0.2, -0.15) is 0 Å². The fourth-order valence-corrected chi connectivity index (χ4v) is 5.21. The fraction of sp³-hybridized carbons (Fsp3) is 0.458. The lowest BCUT2D eigenvalue weighted by molar-refractivity contribution is 0.0907. The maximum absolute atomic E-state index is 12.8. The van der Waals surface area contributed by atoms with Gasteiger partial charge in [0, 0.05) is 43.0 Å². The molecule has 0 atom stereocenters. The van der Waals surface area contributed by atoms with Crippen LogP contribution in [0.3, 0.4) is 0 Å². The van der Waals surface area contributed by atoms with Crippen LogP contribution in [0.2, 0.25) is 0 Å². The fourth-order valence-electron chi connectivity index (χ4n) is 4.14. The van der Waals surface area contributed by atoms with Crippen molar-refractivity contribution < 1.29 is 22.7 Å². The molecule has 0 bridgehead atoms. The normalized spacial score (nSPS) is 17.1. The molecule has 8 nitrogen and oxygen atoms in total. The Balaban J connectivity index is 1.34. The van der Waals surface area contributed by atoms with Gasteiger partial charge in [0.25, 0.3) is 15.9 Å². The van der Waals surface area contributed by atoms with Crippen molar-refractivity contribution >= 4 is 21.6 Å². The number of likely N-dealkylation sites (tertiary alicyclic amines) is 1. The number of carbonyl (C=O) groups excluding carboxylic acids is 1. The Kier molecular flexibility index (Phi) is 7.09. The van der Waals surface area contributed by atoms with Crippen LogP contribution in [0, 0.1) is 5.92 Å². The van der Waals surface area contributed by atoms with E-state index in [9.17, 15) is 13.2 Å². The maximum Gasteiger partial charge on any atom is 0.262 e. The lowest BCUT2D eigenvalue weighted by Crippen LogP contribution is -2.45. The third kappa shape index (κ3) is 5.97. The predicted octanol–water partition coefficient (Wildman–Crippen LogP) is 3.11. The Labute approximate surface area is 195 Å². The lowest BCUT2D eigenvalue weighted by atomic mass is 10.0. The molecule has 0 unspecified atom stereocenters. The van der Waals surface area contributed by atoms with Gasteiger partial charge in [-0.25, -0.2) is 8.42 Å². The summed E-state index contributed by atoms with van der Waals surface area (Å²) in [5.74, 6) is 1.44. The number of fused-ring (bicyclic) bond motifs is 1. The van der Waals surface area contributed by atoms with Gasteiger partial charge in [-0.05, 0) is 55.2 Å². The van der Waals surface area contributed by atoms with Crippen molar-refractivity contribution in [1.82, 2.24) is 10.2 Å². The third-order valence-electron chi connectivity index (χ3n) is 5.77. The highest BCUT2D eigenvalue weighted by Gasteiger charge is 2.22. The molecule has 0 radical (unpaired) electrons. The van der Waals surface area contributed by atoms with Crippen LogP contribution >= 0.6 is 0 Å². The second kappa shape index (κ2) is 10.0. The largest absolute Gasteiger partial charge is 0.486 e. The highest BCUT2D eigenvalue weighted by atomic mass is 32.2. The van der Waals surface area contributed by atoms with E-state index < -0.39 is 10.0 Å². The first-order chi connectivity index (χ1) is 15.8. The summed E-state index contributed by atoms with van der Waals surface area (Å²) in [4.78, 5) is 15.2. The molecule has 2 heterocycles. The van der Waals surface area contributed by atoms with Gasteiger partial charge >= 0.3 is 0 Å². The molecule has 1 fully saturated rings. The molecule has 0 saturated carbocycles. The number of piperidine rings is 1. The number of hydrogen-bond acceptors (Lipinski definition) is 6. The van der Waals surface area contributed by atoms with Crippen molar-refractivity contribution in [3.63, 3.8) is 0 Å². The van der Waals surface area contributed by atoms with E-state index in [2.05, 4.69) is 28.8 Å². The van der Waals surface area contributed by atoms with Gasteiger partial charge in [-0.3, -0.25) is 9.52 Å². The molecule has 9 heteroatoms. The number of nitrogens with zero attached hydrogens (tertiary/aromatic N) is 1. The number of hydrogen-bond donors (Lipinski definition) is 2. The number of anilines is 1. The Bertz CT molecular complexity index is 1080. The summed E-state index contributed by atoms with van der Waals surface area (Å²) < 4.78 is 39.0. The van der Waals surface area contributed by atoms with E-state index in [1.54, 1.807) is 30.3 Å². The molecule has 0 aromatic heterocycles. The number of amides is 1. The minimum absolute atomic E-state index is 0.0809. The molecule has 2 aromatic rings. The summed E-state index contributed by atoms with van der Waals surface area (Å²) in [7, 11) is -3.81. The number of sulfonamides is 1. The van der Waals surface area contributed by atoms with Crippen LogP contribution < -0.4 is 19.5 Å². The molecule has 2 aliphatic rings. The number of ether oxygens (including phenoxy) is 2. The van der Waals surface area contributed by atoms with E-state index in [-0.39, 0.29) is 16.8 Å². The molecule has 2 aromatic carbocycles. The number of carbonyl (C=O) groups is 1. The molecule has 2 N–H and O–H groups in total. The second-order valence-corrected chi connectivity index (χ2v) is 10.6. The zero-order chi connectivity index (χ0) is 23.4. The average molecular weight is 474 g/mol. The Morgan fingerprint density at radius 3 is 2.36 bits per heavy atom. The van der Waals surface area contributed by atoms with Crippen molar-refractivity contribution in [3.8, 4) is 11.5 Å². The van der Waals surface area contributed by atoms with Gasteiger partial charge in [-0.15, -0.1) is 0 Å². The molecule has 178 valence electrons. The van der Waals surface area contributed by atoms with Crippen LogP contribution in [0.25, 0.3) is 0 Å². The van der Waals surface area contributed by atoms with Crippen molar-refractivity contribution in [1.29, 1.82) is 0 Å². The Morgan fingerprint density at radius 1 is 1.03 bits per heavy atom. The molecule has 1 saturated heterocycles. The van der Waals surface area contributed by atoms with E-state index in [1.807, 2.05) is 0 Å². The van der Waals surface area contributed by atoms with Crippen molar-refractivity contribution in [2.24, 2.45) is 5.92 Å². The van der Waals surface area contributed by atoms with E-state index in [4.69, 9.17) is 9.47 Å². The first-order valence-corrected chi connectivity index (χ1v) is 12.8. The van der Waals surface area contributed by atoms with Crippen LogP contribution in [0.15, 0.2) is 47.4 Å². The van der Waals surface area contributed by atoms with E-state index in [1.165, 1.54) is 12.1 Å². The first kappa shape index (κ1) is 23.4. The third-order valence-corrected chi connectivity index (χ3v) is 7.15. The van der Waals surface area contributed by atoms with Crippen LogP contribution in [0.4, 0.5) is 5.69 Å². The van der Waals surface area contributed by atoms with Crippen molar-refractivity contribution in [3.05, 3.63) is 48.0 Å². The zero-order valence-corrected chi connectivity index (χ0v) is 19.9. The molecule has 1 amide bonds. The SMILES string of the molecule is CC(C)CN1CCC(NC(=O)c2ccc(NS(=O)(=O)c3ccc4c(c3)OCCO4)cc2)CC1. The monoisotopic (exact) mass is 473 g/mol. The molecule has 0 spiro atoms. The van der Waals surface area contributed by atoms with Gasteiger partial charge < -0.3 is 19.7 Å². The average Bonchev–Trinajstić information content (AvgIpc) is 2.80. The maximum atomic E-state index is 12.8. The highest BCUT2D eigenvalue weighted by Crippen LogP contribution is 2.32. The van der Waals surface area contributed by atoms with Gasteiger partial charge in [0.05, 0.1) is 4.90 Å². The summed E-state index contributed by atoms with van der Waals surface area (Å²) in [5.41, 5.74) is 0.880. The van der Waals surface area contributed by atoms with Gasteiger partial charge in [0.2, 0.25) is 0 Å². The van der Waals surface area contributed by atoms with Crippen molar-refractivity contribution in [2.75, 3.05) is 37.6 Å². The van der Waals surface area contributed by atoms with E-state index in [0.29, 0.717) is 41.9 Å². The van der Waals surface area contributed by atoms with E-state index >= 15 is 0 Å². The molecule has 33 heavy (non-hydrogen) atoms. The van der Waals surface area contributed by atoms with Crippen LogP contribution in [0.1, 0.15) is 37.0 Å². The summed E-state index contributed by atoms with van der Waals surface area (Å²) in [6.45, 7) is 8.32. The summed E-state index contributed by atoms with van der Waals surface area (Å²) >= 11 is 0. The minimum atomic E-state index is -3.81. The number of benzene rings is 2. The van der Waals surface area contributed by atoms with E-state index in [0.717, 1.165) is 32.5 Å². The van der Waals surface area contributed by atoms with Crippen LogP contribution in [0.5, 0.6) is 11.5 Å². The number of rotatable bonds is 7. The van der Waals surface area contributed by atoms with Gasteiger partial charge in [0.1, 0.15) is 13.2 Å². The van der Waals surface area contributed by atoms with Gasteiger partial charge in [-0.1, -0.05) is 13.8 Å². The highest BCUT2D eigenvalue weighted by molar-refractivity contribution is 7.92. The smallest absolute Gasteiger partial charge is 0.262 e. The second-order valence-electron chi connectivity index (χ2n) is 8.93. The summed E-state index contributed by atoms with van der Waals surface area (Å²) in [6.07, 6.45) is 1.87. The molecule has 0 aliphatic carbocycles. The molecular weight excluding hydrogens is 442 g/mol. The van der Waals surface area contributed by atoms with Crippen LogP contribution in [-0.2, 0) is 10.0 Å². The molecule has 4 rings (SSSR count). The minimum Gasteiger partial charge on any atom is -0.486 e. The Hall–Kier alpha value is -2.78. The quantitative estimate of drug-likeness (QED) is 0.641. The van der Waals surface area contributed by atoms with Crippen LogP contribution in [-0.4, -0.2) is 58.1 Å². The molecular formula is C24H31N3O5S. The number of nitrogens with one attached hydrogen (secondary N) is 2. The first-order valence-electron chi connectivity index (χ1n) is 11.4. The topological polar surface area (TPSA) is 97.0 Å². The van der Waals surface area contributed by atoms with Gasteiger partial charge in [0.15, 0.2) is 11.5 Å². The molecule has 2 aliphatic heterocycles.